The molecule has 0 aliphatic heterocycles. The van der Waals surface area contributed by atoms with Crippen molar-refractivity contribution in [3.05, 3.63) is 47.0 Å². The van der Waals surface area contributed by atoms with Crippen LogP contribution in [0.4, 0.5) is 20.6 Å². The molecule has 0 bridgehead atoms. The maximum atomic E-state index is 13.5. The minimum absolute atomic E-state index is 0.146. The Labute approximate surface area is 118 Å². The first-order valence-electron chi connectivity index (χ1n) is 5.47. The lowest BCUT2D eigenvalue weighted by Crippen LogP contribution is -2.21. The molecule has 20 heavy (non-hydrogen) atoms. The van der Waals surface area contributed by atoms with E-state index in [-0.39, 0.29) is 16.4 Å². The summed E-state index contributed by atoms with van der Waals surface area (Å²) in [6.45, 7) is 0. The predicted molar refractivity (Wildman–Crippen MR) is 73.4 cm³/mol. The Kier molecular flexibility index (Phi) is 3.90. The lowest BCUT2D eigenvalue weighted by Gasteiger charge is -2.11. The Balaban J connectivity index is 2.29. The van der Waals surface area contributed by atoms with Gasteiger partial charge in [-0.05, 0) is 18.2 Å². The van der Waals surface area contributed by atoms with Crippen LogP contribution < -0.4 is 16.4 Å². The standard InChI is InChI=1S/C12H10ClFN4O2/c13-9-8(17-11(19)6-3-4-16-5-6)2-1-7(14)10(9)18-12(15)20/h1-5,16H,(H,17,19)(H3,15,18,20). The fourth-order valence-electron chi connectivity index (χ4n) is 1.55. The number of rotatable bonds is 3. The Morgan fingerprint density at radius 2 is 2.00 bits per heavy atom. The third-order valence-electron chi connectivity index (χ3n) is 2.45. The lowest BCUT2D eigenvalue weighted by atomic mass is 10.2. The molecule has 0 aliphatic rings. The zero-order valence-corrected chi connectivity index (χ0v) is 10.8. The number of aromatic nitrogens is 1. The molecular weight excluding hydrogens is 287 g/mol. The molecule has 0 saturated heterocycles. The minimum atomic E-state index is -0.958. The van der Waals surface area contributed by atoms with Crippen LogP contribution in [0.3, 0.4) is 0 Å². The largest absolute Gasteiger partial charge is 0.367 e. The van der Waals surface area contributed by atoms with Crippen LogP contribution in [0.15, 0.2) is 30.6 Å². The van der Waals surface area contributed by atoms with Crippen molar-refractivity contribution in [3.63, 3.8) is 0 Å². The molecule has 2 rings (SSSR count). The van der Waals surface area contributed by atoms with Crippen LogP contribution in [0.2, 0.25) is 5.02 Å². The Morgan fingerprint density at radius 3 is 2.60 bits per heavy atom. The SMILES string of the molecule is NC(=O)Nc1c(F)ccc(NC(=O)c2cc[nH]c2)c1Cl. The van der Waals surface area contributed by atoms with Gasteiger partial charge >= 0.3 is 6.03 Å². The lowest BCUT2D eigenvalue weighted by molar-refractivity contribution is 0.102. The predicted octanol–water partition coefficient (Wildman–Crippen LogP) is 2.55. The quantitative estimate of drug-likeness (QED) is 0.699. The summed E-state index contributed by atoms with van der Waals surface area (Å²) in [5, 5.41) is 4.42. The van der Waals surface area contributed by atoms with E-state index in [0.717, 1.165) is 6.07 Å². The van der Waals surface area contributed by atoms with Gasteiger partial charge in [-0.3, -0.25) is 4.79 Å². The molecule has 0 atom stereocenters. The smallest absolute Gasteiger partial charge is 0.316 e. The molecule has 0 radical (unpaired) electrons. The number of H-pyrrole nitrogens is 1. The molecule has 0 aliphatic carbocycles. The summed E-state index contributed by atoms with van der Waals surface area (Å²) in [6.07, 6.45) is 3.08. The maximum absolute atomic E-state index is 13.5. The van der Waals surface area contributed by atoms with E-state index in [1.54, 1.807) is 12.3 Å². The topological polar surface area (TPSA) is 100 Å². The number of nitrogens with two attached hydrogens (primary N) is 1. The number of urea groups is 1. The van der Waals surface area contributed by atoms with Gasteiger partial charge in [-0.15, -0.1) is 0 Å². The molecule has 1 aromatic heterocycles. The molecule has 0 fully saturated rings. The average molecular weight is 297 g/mol. The van der Waals surface area contributed by atoms with Gasteiger partial charge in [-0.1, -0.05) is 11.6 Å². The summed E-state index contributed by atoms with van der Waals surface area (Å²) in [5.41, 5.74) is 5.18. The highest BCUT2D eigenvalue weighted by Gasteiger charge is 2.15. The normalized spacial score (nSPS) is 10.1. The second-order valence-corrected chi connectivity index (χ2v) is 4.20. The van der Waals surface area contributed by atoms with E-state index >= 15 is 0 Å². The molecule has 8 heteroatoms. The summed E-state index contributed by atoms with van der Waals surface area (Å²) in [5.74, 6) is -1.18. The van der Waals surface area contributed by atoms with Crippen molar-refractivity contribution >= 4 is 34.9 Å². The molecule has 104 valence electrons. The van der Waals surface area contributed by atoms with Gasteiger partial charge in [0.1, 0.15) is 5.82 Å². The van der Waals surface area contributed by atoms with E-state index in [1.165, 1.54) is 12.3 Å². The fourth-order valence-corrected chi connectivity index (χ4v) is 1.79. The number of amides is 3. The molecule has 3 amide bonds. The third kappa shape index (κ3) is 2.89. The maximum Gasteiger partial charge on any atom is 0.316 e. The van der Waals surface area contributed by atoms with E-state index in [1.807, 2.05) is 0 Å². The first kappa shape index (κ1) is 13.9. The van der Waals surface area contributed by atoms with Crippen LogP contribution in [-0.2, 0) is 0 Å². The van der Waals surface area contributed by atoms with Gasteiger partial charge in [0.15, 0.2) is 0 Å². The van der Waals surface area contributed by atoms with Gasteiger partial charge in [0.25, 0.3) is 5.91 Å². The highest BCUT2D eigenvalue weighted by Crippen LogP contribution is 2.32. The second-order valence-electron chi connectivity index (χ2n) is 3.83. The number of carbonyl (C=O) groups excluding carboxylic acids is 2. The summed E-state index contributed by atoms with van der Waals surface area (Å²) in [4.78, 5) is 25.4. The number of benzene rings is 1. The van der Waals surface area contributed by atoms with Gasteiger partial charge in [0, 0.05) is 12.4 Å². The first-order valence-corrected chi connectivity index (χ1v) is 5.85. The second kappa shape index (κ2) is 5.62. The Hall–Kier alpha value is -2.54. The third-order valence-corrected chi connectivity index (χ3v) is 2.84. The van der Waals surface area contributed by atoms with E-state index in [9.17, 15) is 14.0 Å². The summed E-state index contributed by atoms with van der Waals surface area (Å²) in [7, 11) is 0. The van der Waals surface area contributed by atoms with E-state index in [4.69, 9.17) is 17.3 Å². The summed E-state index contributed by atoms with van der Waals surface area (Å²) < 4.78 is 13.5. The zero-order chi connectivity index (χ0) is 14.7. The molecule has 2 aromatic rings. The molecule has 5 N–H and O–H groups in total. The minimum Gasteiger partial charge on any atom is -0.367 e. The van der Waals surface area contributed by atoms with E-state index < -0.39 is 17.8 Å². The number of carbonyl (C=O) groups is 2. The molecule has 0 spiro atoms. The number of hydrogen-bond acceptors (Lipinski definition) is 2. The number of anilines is 2. The van der Waals surface area contributed by atoms with Crippen LogP contribution >= 0.6 is 11.6 Å². The van der Waals surface area contributed by atoms with Crippen molar-refractivity contribution in [2.45, 2.75) is 0 Å². The highest BCUT2D eigenvalue weighted by atomic mass is 35.5. The van der Waals surface area contributed by atoms with Crippen molar-refractivity contribution in [2.24, 2.45) is 5.73 Å². The van der Waals surface area contributed by atoms with Crippen LogP contribution in [0.5, 0.6) is 0 Å². The van der Waals surface area contributed by atoms with Crippen molar-refractivity contribution < 1.29 is 14.0 Å². The van der Waals surface area contributed by atoms with Gasteiger partial charge in [-0.25, -0.2) is 9.18 Å². The average Bonchev–Trinajstić information content (AvgIpc) is 2.91. The van der Waals surface area contributed by atoms with E-state index in [2.05, 4.69) is 15.6 Å². The van der Waals surface area contributed by atoms with Gasteiger partial charge in [-0.2, -0.15) is 0 Å². The van der Waals surface area contributed by atoms with Gasteiger partial charge in [0.05, 0.1) is 22.0 Å². The first-order chi connectivity index (χ1) is 9.49. The molecule has 6 nitrogen and oxygen atoms in total. The molecule has 0 unspecified atom stereocenters. The zero-order valence-electron chi connectivity index (χ0n) is 10.0. The fraction of sp³-hybridized carbons (Fsp3) is 0. The molecule has 1 aromatic carbocycles. The number of halogens is 2. The molecule has 1 heterocycles. The Bertz CT molecular complexity index is 658. The summed E-state index contributed by atoms with van der Waals surface area (Å²) in [6, 6.07) is 2.95. The van der Waals surface area contributed by atoms with Crippen LogP contribution in [0, 0.1) is 5.82 Å². The summed E-state index contributed by atoms with van der Waals surface area (Å²) >= 11 is 5.93. The Morgan fingerprint density at radius 1 is 1.25 bits per heavy atom. The van der Waals surface area contributed by atoms with Crippen LogP contribution in [-0.4, -0.2) is 16.9 Å². The van der Waals surface area contributed by atoms with E-state index in [0.29, 0.717) is 5.56 Å². The molecular formula is C12H10ClFN4O2. The monoisotopic (exact) mass is 296 g/mol. The highest BCUT2D eigenvalue weighted by molar-refractivity contribution is 6.37. The number of primary amides is 1. The van der Waals surface area contributed by atoms with Crippen LogP contribution in [0.1, 0.15) is 10.4 Å². The molecule has 0 saturated carbocycles. The number of nitrogens with one attached hydrogen (secondary N) is 3. The van der Waals surface area contributed by atoms with Crippen molar-refractivity contribution in [1.29, 1.82) is 0 Å². The van der Waals surface area contributed by atoms with Crippen LogP contribution in [0.25, 0.3) is 0 Å². The van der Waals surface area contributed by atoms with Crippen molar-refractivity contribution in [3.8, 4) is 0 Å². The van der Waals surface area contributed by atoms with Crippen molar-refractivity contribution in [2.75, 3.05) is 10.6 Å². The number of hydrogen-bond donors (Lipinski definition) is 4. The van der Waals surface area contributed by atoms with Crippen molar-refractivity contribution in [1.82, 2.24) is 4.98 Å². The van der Waals surface area contributed by atoms with Gasteiger partial charge < -0.3 is 21.4 Å². The van der Waals surface area contributed by atoms with Gasteiger partial charge in [0.2, 0.25) is 0 Å². The number of aromatic amines is 1.